The summed E-state index contributed by atoms with van der Waals surface area (Å²) in [6.07, 6.45) is 0.187. The van der Waals surface area contributed by atoms with Crippen molar-refractivity contribution >= 4 is 11.6 Å². The van der Waals surface area contributed by atoms with Crippen LogP contribution in [0.2, 0.25) is 5.02 Å². The summed E-state index contributed by atoms with van der Waals surface area (Å²) in [6.45, 7) is 10.5. The third-order valence-corrected chi connectivity index (χ3v) is 2.35. The van der Waals surface area contributed by atoms with Gasteiger partial charge in [-0.25, -0.2) is 0 Å². The fraction of sp³-hybridized carbons (Fsp3) is 0.538. The van der Waals surface area contributed by atoms with Gasteiger partial charge < -0.3 is 4.74 Å². The molecule has 0 aliphatic rings. The SMILES string of the molecule is CC(C)Oc1ccc(Cl)cc1C(C)(C)C. The first-order valence-corrected chi connectivity index (χ1v) is 5.65. The van der Waals surface area contributed by atoms with Crippen molar-refractivity contribution in [3.8, 4) is 5.75 Å². The van der Waals surface area contributed by atoms with Crippen LogP contribution < -0.4 is 4.74 Å². The van der Waals surface area contributed by atoms with Gasteiger partial charge in [-0.15, -0.1) is 0 Å². The van der Waals surface area contributed by atoms with Gasteiger partial charge in [-0.2, -0.15) is 0 Å². The molecular formula is C13H19ClO. The Morgan fingerprint density at radius 3 is 2.27 bits per heavy atom. The Labute approximate surface area is 97.4 Å². The zero-order valence-electron chi connectivity index (χ0n) is 10.1. The lowest BCUT2D eigenvalue weighted by Gasteiger charge is -2.24. The molecule has 0 unspecified atom stereocenters. The highest BCUT2D eigenvalue weighted by Crippen LogP contribution is 2.33. The average Bonchev–Trinajstić information content (AvgIpc) is 2.05. The van der Waals surface area contributed by atoms with E-state index in [-0.39, 0.29) is 11.5 Å². The quantitative estimate of drug-likeness (QED) is 0.725. The van der Waals surface area contributed by atoms with Crippen molar-refractivity contribution < 1.29 is 4.74 Å². The largest absolute Gasteiger partial charge is 0.491 e. The Bertz CT molecular complexity index is 337. The molecule has 0 amide bonds. The van der Waals surface area contributed by atoms with Crippen LogP contribution in [0.5, 0.6) is 5.75 Å². The van der Waals surface area contributed by atoms with Gasteiger partial charge in [-0.3, -0.25) is 0 Å². The van der Waals surface area contributed by atoms with E-state index < -0.39 is 0 Å². The van der Waals surface area contributed by atoms with Gasteiger partial charge >= 0.3 is 0 Å². The predicted molar refractivity (Wildman–Crippen MR) is 65.9 cm³/mol. The van der Waals surface area contributed by atoms with Gasteiger partial charge in [-0.1, -0.05) is 32.4 Å². The normalized spacial score (nSPS) is 11.9. The highest BCUT2D eigenvalue weighted by atomic mass is 35.5. The molecule has 15 heavy (non-hydrogen) atoms. The molecule has 0 heterocycles. The van der Waals surface area contributed by atoms with Crippen LogP contribution in [0.1, 0.15) is 40.2 Å². The average molecular weight is 227 g/mol. The molecule has 0 aliphatic heterocycles. The lowest BCUT2D eigenvalue weighted by atomic mass is 9.86. The van der Waals surface area contributed by atoms with Gasteiger partial charge in [0.25, 0.3) is 0 Å². The summed E-state index contributed by atoms with van der Waals surface area (Å²) in [5, 5.41) is 0.760. The molecule has 0 saturated carbocycles. The summed E-state index contributed by atoms with van der Waals surface area (Å²) in [4.78, 5) is 0. The second-order valence-corrected chi connectivity index (χ2v) is 5.49. The Morgan fingerprint density at radius 2 is 1.80 bits per heavy atom. The van der Waals surface area contributed by atoms with Crippen molar-refractivity contribution in [1.82, 2.24) is 0 Å². The third-order valence-electron chi connectivity index (χ3n) is 2.11. The van der Waals surface area contributed by atoms with E-state index >= 15 is 0 Å². The molecular weight excluding hydrogens is 208 g/mol. The number of halogens is 1. The number of ether oxygens (including phenoxy) is 1. The van der Waals surface area contributed by atoms with Gasteiger partial charge in [-0.05, 0) is 37.5 Å². The molecule has 2 heteroatoms. The predicted octanol–water partition coefficient (Wildman–Crippen LogP) is 4.42. The summed E-state index contributed by atoms with van der Waals surface area (Å²) < 4.78 is 5.77. The molecule has 84 valence electrons. The molecule has 0 saturated heterocycles. The molecule has 0 bridgehead atoms. The van der Waals surface area contributed by atoms with Crippen molar-refractivity contribution in [1.29, 1.82) is 0 Å². The van der Waals surface area contributed by atoms with E-state index in [0.29, 0.717) is 0 Å². The van der Waals surface area contributed by atoms with Crippen molar-refractivity contribution in [2.24, 2.45) is 0 Å². The standard InChI is InChI=1S/C13H19ClO/c1-9(2)15-12-7-6-10(14)8-11(12)13(3,4)5/h6-9H,1-5H3. The lowest BCUT2D eigenvalue weighted by molar-refractivity contribution is 0.236. The van der Waals surface area contributed by atoms with E-state index in [0.717, 1.165) is 16.3 Å². The topological polar surface area (TPSA) is 9.23 Å². The van der Waals surface area contributed by atoms with Crippen LogP contribution in [0.25, 0.3) is 0 Å². The minimum atomic E-state index is 0.0507. The molecule has 0 aliphatic carbocycles. The van der Waals surface area contributed by atoms with Crippen LogP contribution in [0.4, 0.5) is 0 Å². The minimum Gasteiger partial charge on any atom is -0.491 e. The third kappa shape index (κ3) is 3.42. The highest BCUT2D eigenvalue weighted by Gasteiger charge is 2.19. The van der Waals surface area contributed by atoms with Crippen LogP contribution in [0.3, 0.4) is 0 Å². The van der Waals surface area contributed by atoms with Crippen LogP contribution in [-0.4, -0.2) is 6.10 Å². The highest BCUT2D eigenvalue weighted by molar-refractivity contribution is 6.30. The summed E-state index contributed by atoms with van der Waals surface area (Å²) in [6, 6.07) is 5.80. The Hall–Kier alpha value is -0.690. The van der Waals surface area contributed by atoms with Crippen LogP contribution in [0, 0.1) is 0 Å². The van der Waals surface area contributed by atoms with E-state index in [2.05, 4.69) is 20.8 Å². The number of benzene rings is 1. The van der Waals surface area contributed by atoms with Gasteiger partial charge in [0.1, 0.15) is 5.75 Å². The van der Waals surface area contributed by atoms with Crippen molar-refractivity contribution in [2.45, 2.75) is 46.1 Å². The zero-order chi connectivity index (χ0) is 11.6. The first-order chi connectivity index (χ1) is 6.80. The van der Waals surface area contributed by atoms with Crippen LogP contribution >= 0.6 is 11.6 Å². The van der Waals surface area contributed by atoms with Gasteiger partial charge in [0.15, 0.2) is 0 Å². The Morgan fingerprint density at radius 1 is 1.20 bits per heavy atom. The van der Waals surface area contributed by atoms with Crippen molar-refractivity contribution in [3.05, 3.63) is 28.8 Å². The van der Waals surface area contributed by atoms with E-state index in [1.165, 1.54) is 0 Å². The monoisotopic (exact) mass is 226 g/mol. The summed E-state index contributed by atoms with van der Waals surface area (Å²) >= 11 is 6.00. The molecule has 1 nitrogen and oxygen atoms in total. The number of hydrogen-bond acceptors (Lipinski definition) is 1. The maximum Gasteiger partial charge on any atom is 0.123 e. The lowest BCUT2D eigenvalue weighted by Crippen LogP contribution is -2.15. The van der Waals surface area contributed by atoms with Crippen molar-refractivity contribution in [3.63, 3.8) is 0 Å². The molecule has 1 aromatic rings. The molecule has 1 rings (SSSR count). The van der Waals surface area contributed by atoms with Crippen molar-refractivity contribution in [2.75, 3.05) is 0 Å². The van der Waals surface area contributed by atoms with E-state index in [4.69, 9.17) is 16.3 Å². The summed E-state index contributed by atoms with van der Waals surface area (Å²) in [5.41, 5.74) is 1.21. The maximum atomic E-state index is 6.00. The van der Waals surface area contributed by atoms with Crippen LogP contribution in [0.15, 0.2) is 18.2 Å². The maximum absolute atomic E-state index is 6.00. The van der Waals surface area contributed by atoms with E-state index in [1.54, 1.807) is 0 Å². The molecule has 0 aromatic heterocycles. The molecule has 0 fully saturated rings. The number of rotatable bonds is 2. The van der Waals surface area contributed by atoms with E-state index in [1.807, 2.05) is 32.0 Å². The fourth-order valence-corrected chi connectivity index (χ4v) is 1.62. The van der Waals surface area contributed by atoms with Gasteiger partial charge in [0.05, 0.1) is 6.10 Å². The smallest absolute Gasteiger partial charge is 0.123 e. The number of hydrogen-bond donors (Lipinski definition) is 0. The summed E-state index contributed by atoms with van der Waals surface area (Å²) in [7, 11) is 0. The first kappa shape index (κ1) is 12.4. The summed E-state index contributed by atoms with van der Waals surface area (Å²) in [5.74, 6) is 0.932. The molecule has 0 spiro atoms. The fourth-order valence-electron chi connectivity index (χ4n) is 1.45. The van der Waals surface area contributed by atoms with E-state index in [9.17, 15) is 0 Å². The van der Waals surface area contributed by atoms with Crippen LogP contribution in [-0.2, 0) is 5.41 Å². The minimum absolute atomic E-state index is 0.0507. The van der Waals surface area contributed by atoms with Gasteiger partial charge in [0.2, 0.25) is 0 Å². The first-order valence-electron chi connectivity index (χ1n) is 5.27. The Kier molecular flexibility index (Phi) is 3.67. The molecule has 0 radical (unpaired) electrons. The molecule has 0 N–H and O–H groups in total. The van der Waals surface area contributed by atoms with Gasteiger partial charge in [0, 0.05) is 10.6 Å². The zero-order valence-corrected chi connectivity index (χ0v) is 10.9. The molecule has 0 atom stereocenters. The molecule has 1 aromatic carbocycles. The second-order valence-electron chi connectivity index (χ2n) is 5.06. The second kappa shape index (κ2) is 4.44. The Balaban J connectivity index is 3.15.